The normalized spacial score (nSPS) is 16.2. The van der Waals surface area contributed by atoms with Gasteiger partial charge in [-0.2, -0.15) is 11.8 Å². The lowest BCUT2D eigenvalue weighted by Crippen LogP contribution is -2.29. The van der Waals surface area contributed by atoms with E-state index in [-0.39, 0.29) is 0 Å². The van der Waals surface area contributed by atoms with E-state index in [0.717, 1.165) is 13.1 Å². The molecule has 0 aliphatic rings. The molecular formula is C10H24N2S. The second kappa shape index (κ2) is 7.65. The van der Waals surface area contributed by atoms with Crippen molar-refractivity contribution in [3.8, 4) is 0 Å². The number of nitrogens with zero attached hydrogens (tertiary/aromatic N) is 1. The Kier molecular flexibility index (Phi) is 7.81. The molecule has 0 rings (SSSR count). The average molecular weight is 204 g/mol. The Morgan fingerprint density at radius 1 is 1.23 bits per heavy atom. The highest BCUT2D eigenvalue weighted by Gasteiger charge is 2.07. The summed E-state index contributed by atoms with van der Waals surface area (Å²) in [7, 11) is 0. The largest absolute Gasteiger partial charge is 0.327 e. The standard InChI is InChI=1S/C10H24N2S/c1-5-12(6-2)7-8-13-10(4)9(3)11/h9-10H,5-8,11H2,1-4H3. The molecule has 2 atom stereocenters. The van der Waals surface area contributed by atoms with Gasteiger partial charge in [-0.25, -0.2) is 0 Å². The highest BCUT2D eigenvalue weighted by atomic mass is 32.2. The maximum Gasteiger partial charge on any atom is 0.0168 e. The van der Waals surface area contributed by atoms with Crippen LogP contribution in [0, 0.1) is 0 Å². The summed E-state index contributed by atoms with van der Waals surface area (Å²) in [4.78, 5) is 2.45. The molecule has 2 N–H and O–H groups in total. The van der Waals surface area contributed by atoms with Gasteiger partial charge in [0.2, 0.25) is 0 Å². The highest BCUT2D eigenvalue weighted by Crippen LogP contribution is 2.12. The van der Waals surface area contributed by atoms with Gasteiger partial charge in [0, 0.05) is 23.6 Å². The lowest BCUT2D eigenvalue weighted by atomic mass is 10.3. The van der Waals surface area contributed by atoms with Gasteiger partial charge in [-0.1, -0.05) is 20.8 Å². The van der Waals surface area contributed by atoms with Crippen molar-refractivity contribution in [1.82, 2.24) is 4.90 Å². The van der Waals surface area contributed by atoms with Crippen LogP contribution in [0.25, 0.3) is 0 Å². The molecule has 0 aromatic rings. The monoisotopic (exact) mass is 204 g/mol. The van der Waals surface area contributed by atoms with Crippen molar-refractivity contribution >= 4 is 11.8 Å². The Hall–Kier alpha value is 0.270. The molecule has 0 amide bonds. The number of nitrogens with two attached hydrogens (primary N) is 1. The van der Waals surface area contributed by atoms with Crippen molar-refractivity contribution in [3.05, 3.63) is 0 Å². The summed E-state index contributed by atoms with van der Waals surface area (Å²) in [6, 6.07) is 0.307. The van der Waals surface area contributed by atoms with Crippen molar-refractivity contribution in [2.45, 2.75) is 39.0 Å². The van der Waals surface area contributed by atoms with Gasteiger partial charge in [-0.05, 0) is 20.0 Å². The fourth-order valence-electron chi connectivity index (χ4n) is 1.06. The summed E-state index contributed by atoms with van der Waals surface area (Å²) in [5.74, 6) is 1.20. The maximum absolute atomic E-state index is 5.78. The van der Waals surface area contributed by atoms with Crippen LogP contribution in [0.1, 0.15) is 27.7 Å². The van der Waals surface area contributed by atoms with Crippen LogP contribution in [0.3, 0.4) is 0 Å². The molecule has 0 aliphatic heterocycles. The number of hydrogen-bond acceptors (Lipinski definition) is 3. The van der Waals surface area contributed by atoms with E-state index in [9.17, 15) is 0 Å². The van der Waals surface area contributed by atoms with Gasteiger partial charge in [-0.3, -0.25) is 0 Å². The molecule has 0 heterocycles. The first-order chi connectivity index (χ1) is 6.11. The Balaban J connectivity index is 3.43. The van der Waals surface area contributed by atoms with Gasteiger partial charge in [0.15, 0.2) is 0 Å². The van der Waals surface area contributed by atoms with Crippen LogP contribution in [0.4, 0.5) is 0 Å². The Labute approximate surface area is 87.2 Å². The summed E-state index contributed by atoms with van der Waals surface area (Å²) >= 11 is 1.98. The minimum atomic E-state index is 0.307. The van der Waals surface area contributed by atoms with Gasteiger partial charge in [0.1, 0.15) is 0 Å². The Morgan fingerprint density at radius 2 is 1.77 bits per heavy atom. The van der Waals surface area contributed by atoms with Crippen LogP contribution in [-0.4, -0.2) is 41.6 Å². The zero-order chi connectivity index (χ0) is 10.3. The predicted molar refractivity (Wildman–Crippen MR) is 63.4 cm³/mol. The van der Waals surface area contributed by atoms with Crippen LogP contribution < -0.4 is 5.73 Å². The molecule has 2 nitrogen and oxygen atoms in total. The molecule has 0 spiro atoms. The van der Waals surface area contributed by atoms with E-state index >= 15 is 0 Å². The summed E-state index contributed by atoms with van der Waals surface area (Å²) in [6.45, 7) is 12.2. The first-order valence-electron chi connectivity index (χ1n) is 5.21. The highest BCUT2D eigenvalue weighted by molar-refractivity contribution is 7.99. The van der Waals surface area contributed by atoms with Crippen LogP contribution in [0.15, 0.2) is 0 Å². The van der Waals surface area contributed by atoms with Crippen LogP contribution in [0.5, 0.6) is 0 Å². The van der Waals surface area contributed by atoms with Crippen molar-refractivity contribution in [2.75, 3.05) is 25.4 Å². The smallest absolute Gasteiger partial charge is 0.0168 e. The first-order valence-corrected chi connectivity index (χ1v) is 6.26. The van der Waals surface area contributed by atoms with Crippen molar-refractivity contribution < 1.29 is 0 Å². The van der Waals surface area contributed by atoms with Crippen molar-refractivity contribution in [1.29, 1.82) is 0 Å². The summed E-state index contributed by atoms with van der Waals surface area (Å²) in [5.41, 5.74) is 5.78. The second-order valence-electron chi connectivity index (χ2n) is 3.46. The minimum absolute atomic E-state index is 0.307. The molecule has 0 aromatic carbocycles. The van der Waals surface area contributed by atoms with Crippen LogP contribution in [0.2, 0.25) is 0 Å². The van der Waals surface area contributed by atoms with E-state index in [0.29, 0.717) is 11.3 Å². The fourth-order valence-corrected chi connectivity index (χ4v) is 2.10. The molecule has 0 fully saturated rings. The van der Waals surface area contributed by atoms with E-state index in [1.807, 2.05) is 11.8 Å². The zero-order valence-electron chi connectivity index (χ0n) is 9.42. The molecule has 0 radical (unpaired) electrons. The molecule has 2 unspecified atom stereocenters. The third-order valence-electron chi connectivity index (χ3n) is 2.42. The molecule has 0 saturated heterocycles. The van der Waals surface area contributed by atoms with E-state index < -0.39 is 0 Å². The van der Waals surface area contributed by atoms with Gasteiger partial charge in [0.25, 0.3) is 0 Å². The van der Waals surface area contributed by atoms with Crippen molar-refractivity contribution in [2.24, 2.45) is 5.73 Å². The van der Waals surface area contributed by atoms with Crippen LogP contribution >= 0.6 is 11.8 Å². The molecule has 0 aliphatic carbocycles. The van der Waals surface area contributed by atoms with E-state index in [4.69, 9.17) is 5.73 Å². The zero-order valence-corrected chi connectivity index (χ0v) is 10.2. The van der Waals surface area contributed by atoms with Gasteiger partial charge in [0.05, 0.1) is 0 Å². The van der Waals surface area contributed by atoms with Gasteiger partial charge < -0.3 is 10.6 Å². The lowest BCUT2D eigenvalue weighted by Gasteiger charge is -2.20. The third kappa shape index (κ3) is 6.36. The maximum atomic E-state index is 5.78. The quantitative estimate of drug-likeness (QED) is 0.685. The number of thioether (sulfide) groups is 1. The van der Waals surface area contributed by atoms with Crippen LogP contribution in [-0.2, 0) is 0 Å². The van der Waals surface area contributed by atoms with Gasteiger partial charge in [-0.15, -0.1) is 0 Å². The topological polar surface area (TPSA) is 29.3 Å². The lowest BCUT2D eigenvalue weighted by molar-refractivity contribution is 0.323. The molecule has 0 bridgehead atoms. The predicted octanol–water partition coefficient (Wildman–Crippen LogP) is 1.80. The molecule has 80 valence electrons. The Morgan fingerprint density at radius 3 is 2.15 bits per heavy atom. The van der Waals surface area contributed by atoms with E-state index in [1.165, 1.54) is 12.3 Å². The molecule has 0 saturated carbocycles. The summed E-state index contributed by atoms with van der Waals surface area (Å²) < 4.78 is 0. The summed E-state index contributed by atoms with van der Waals surface area (Å²) in [6.07, 6.45) is 0. The third-order valence-corrected chi connectivity index (χ3v) is 3.80. The minimum Gasteiger partial charge on any atom is -0.327 e. The fraction of sp³-hybridized carbons (Fsp3) is 1.00. The molecular weight excluding hydrogens is 180 g/mol. The Bertz CT molecular complexity index is 111. The molecule has 13 heavy (non-hydrogen) atoms. The van der Waals surface area contributed by atoms with E-state index in [1.54, 1.807) is 0 Å². The number of rotatable bonds is 7. The molecule has 0 aromatic heterocycles. The first kappa shape index (κ1) is 13.3. The summed E-state index contributed by atoms with van der Waals surface area (Å²) in [5, 5.41) is 0.579. The van der Waals surface area contributed by atoms with Crippen molar-refractivity contribution in [3.63, 3.8) is 0 Å². The number of hydrogen-bond donors (Lipinski definition) is 1. The average Bonchev–Trinajstić information content (AvgIpc) is 2.12. The molecule has 3 heteroatoms. The second-order valence-corrected chi connectivity index (χ2v) is 4.95. The van der Waals surface area contributed by atoms with E-state index in [2.05, 4.69) is 32.6 Å². The SMILES string of the molecule is CCN(CC)CCSC(C)C(C)N. The van der Waals surface area contributed by atoms with Gasteiger partial charge >= 0.3 is 0 Å².